The summed E-state index contributed by atoms with van der Waals surface area (Å²) < 4.78 is 11.1. The number of amides is 1. The zero-order valence-electron chi connectivity index (χ0n) is 16.8. The second-order valence-corrected chi connectivity index (χ2v) is 6.83. The zero-order chi connectivity index (χ0) is 20.5. The second kappa shape index (κ2) is 10.3. The normalized spacial score (nSPS) is 10.6. The Morgan fingerprint density at radius 2 is 1.62 bits per heavy atom. The number of carbonyl (C=O) groups excluding carboxylic acids is 1. The molecule has 1 N–H and O–H groups in total. The Hall–Kier alpha value is -3.31. The number of nitrogens with one attached hydrogen (secondary N) is 1. The van der Waals surface area contributed by atoms with Crippen LogP contribution in [0.4, 0.5) is 5.69 Å². The third kappa shape index (κ3) is 6.36. The Labute approximate surface area is 171 Å². The van der Waals surface area contributed by atoms with E-state index in [1.807, 2.05) is 90.8 Å². The van der Waals surface area contributed by atoms with Gasteiger partial charge in [-0.25, -0.2) is 0 Å². The van der Waals surface area contributed by atoms with Crippen molar-refractivity contribution in [2.75, 3.05) is 26.0 Å². The molecule has 0 bridgehead atoms. The first-order valence-electron chi connectivity index (χ1n) is 9.51. The predicted octanol–water partition coefficient (Wildman–Crippen LogP) is 4.34. The molecule has 5 heteroatoms. The molecule has 3 rings (SSSR count). The molecule has 0 saturated carbocycles. The Balaban J connectivity index is 1.47. The third-order valence-electron chi connectivity index (χ3n) is 4.43. The van der Waals surface area contributed by atoms with Crippen LogP contribution in [-0.4, -0.2) is 31.5 Å². The van der Waals surface area contributed by atoms with Gasteiger partial charge in [-0.2, -0.15) is 0 Å². The molecule has 0 aliphatic rings. The molecule has 3 aromatic carbocycles. The van der Waals surface area contributed by atoms with Crippen LogP contribution in [0.15, 0.2) is 78.9 Å². The molecule has 0 aromatic heterocycles. The number of hydrogen-bond donors (Lipinski definition) is 1. The van der Waals surface area contributed by atoms with Crippen LogP contribution in [0.3, 0.4) is 0 Å². The minimum absolute atomic E-state index is 0.0691. The van der Waals surface area contributed by atoms with E-state index in [2.05, 4.69) is 5.32 Å². The lowest BCUT2D eigenvalue weighted by atomic mass is 10.2. The maximum absolute atomic E-state index is 12.3. The van der Waals surface area contributed by atoms with Crippen molar-refractivity contribution in [3.05, 3.63) is 90.0 Å². The highest BCUT2D eigenvalue weighted by atomic mass is 16.5. The van der Waals surface area contributed by atoms with Gasteiger partial charge in [-0.3, -0.25) is 9.69 Å². The van der Waals surface area contributed by atoms with E-state index in [-0.39, 0.29) is 12.5 Å². The van der Waals surface area contributed by atoms with Gasteiger partial charge in [0.2, 0.25) is 5.91 Å². The van der Waals surface area contributed by atoms with Crippen molar-refractivity contribution in [2.24, 2.45) is 0 Å². The highest BCUT2D eigenvalue weighted by Crippen LogP contribution is 2.19. The number of benzene rings is 3. The molecule has 0 atom stereocenters. The summed E-state index contributed by atoms with van der Waals surface area (Å²) in [6.45, 7) is 1.42. The molecule has 0 fully saturated rings. The van der Waals surface area contributed by atoms with E-state index >= 15 is 0 Å². The molecule has 0 radical (unpaired) electrons. The van der Waals surface area contributed by atoms with Crippen LogP contribution in [0.2, 0.25) is 0 Å². The largest absolute Gasteiger partial charge is 0.496 e. The van der Waals surface area contributed by atoms with E-state index in [4.69, 9.17) is 9.47 Å². The van der Waals surface area contributed by atoms with Crippen molar-refractivity contribution in [3.8, 4) is 11.5 Å². The number of likely N-dealkylation sites (N-methyl/N-ethyl adjacent to an activating group) is 1. The predicted molar refractivity (Wildman–Crippen MR) is 115 cm³/mol. The highest BCUT2D eigenvalue weighted by molar-refractivity contribution is 5.92. The smallest absolute Gasteiger partial charge is 0.238 e. The van der Waals surface area contributed by atoms with Crippen molar-refractivity contribution < 1.29 is 14.3 Å². The maximum atomic E-state index is 12.3. The molecular formula is C24H26N2O3. The lowest BCUT2D eigenvalue weighted by molar-refractivity contribution is -0.117. The molecule has 29 heavy (non-hydrogen) atoms. The third-order valence-corrected chi connectivity index (χ3v) is 4.43. The molecular weight excluding hydrogens is 364 g/mol. The van der Waals surface area contributed by atoms with E-state index in [0.29, 0.717) is 13.2 Å². The van der Waals surface area contributed by atoms with Gasteiger partial charge in [0.25, 0.3) is 0 Å². The summed E-state index contributed by atoms with van der Waals surface area (Å²) in [6.07, 6.45) is 0. The SMILES string of the molecule is COc1ccccc1CN(C)CC(=O)Nc1ccc(OCc2ccccc2)cc1. The zero-order valence-corrected chi connectivity index (χ0v) is 16.8. The van der Waals surface area contributed by atoms with Crippen molar-refractivity contribution in [1.29, 1.82) is 0 Å². The number of nitrogens with zero attached hydrogens (tertiary/aromatic N) is 1. The molecule has 5 nitrogen and oxygen atoms in total. The first-order valence-corrected chi connectivity index (χ1v) is 9.51. The lowest BCUT2D eigenvalue weighted by Crippen LogP contribution is -2.29. The first kappa shape index (κ1) is 20.4. The van der Waals surface area contributed by atoms with Crippen LogP contribution < -0.4 is 14.8 Å². The van der Waals surface area contributed by atoms with Gasteiger partial charge < -0.3 is 14.8 Å². The summed E-state index contributed by atoms with van der Waals surface area (Å²) in [5, 5.41) is 2.92. The summed E-state index contributed by atoms with van der Waals surface area (Å²) >= 11 is 0. The van der Waals surface area contributed by atoms with Gasteiger partial charge in [0, 0.05) is 17.8 Å². The molecule has 0 saturated heterocycles. The number of hydrogen-bond acceptors (Lipinski definition) is 4. The molecule has 1 amide bonds. The van der Waals surface area contributed by atoms with E-state index < -0.39 is 0 Å². The van der Waals surface area contributed by atoms with Crippen molar-refractivity contribution in [2.45, 2.75) is 13.2 Å². The molecule has 0 aliphatic heterocycles. The number of anilines is 1. The molecule has 3 aromatic rings. The first-order chi connectivity index (χ1) is 14.1. The molecule has 150 valence electrons. The minimum atomic E-state index is -0.0691. The summed E-state index contributed by atoms with van der Waals surface area (Å²) in [5.41, 5.74) is 2.90. The maximum Gasteiger partial charge on any atom is 0.238 e. The van der Waals surface area contributed by atoms with Gasteiger partial charge in [-0.15, -0.1) is 0 Å². The average Bonchev–Trinajstić information content (AvgIpc) is 2.74. The monoisotopic (exact) mass is 390 g/mol. The van der Waals surface area contributed by atoms with Crippen LogP contribution in [0.5, 0.6) is 11.5 Å². The lowest BCUT2D eigenvalue weighted by Gasteiger charge is -2.18. The molecule has 0 heterocycles. The van der Waals surface area contributed by atoms with Crippen LogP contribution >= 0.6 is 0 Å². The molecule has 0 unspecified atom stereocenters. The number of rotatable bonds is 9. The Morgan fingerprint density at radius 1 is 0.931 bits per heavy atom. The van der Waals surface area contributed by atoms with Crippen molar-refractivity contribution in [3.63, 3.8) is 0 Å². The summed E-state index contributed by atoms with van der Waals surface area (Å²) in [7, 11) is 3.56. The van der Waals surface area contributed by atoms with Crippen molar-refractivity contribution >= 4 is 11.6 Å². The van der Waals surface area contributed by atoms with E-state index in [1.165, 1.54) is 0 Å². The van der Waals surface area contributed by atoms with E-state index in [0.717, 1.165) is 28.3 Å². The number of carbonyl (C=O) groups is 1. The number of ether oxygens (including phenoxy) is 2. The van der Waals surface area contributed by atoms with E-state index in [9.17, 15) is 4.79 Å². The van der Waals surface area contributed by atoms with Gasteiger partial charge >= 0.3 is 0 Å². The van der Waals surface area contributed by atoms with Gasteiger partial charge in [-0.1, -0.05) is 48.5 Å². The van der Waals surface area contributed by atoms with Gasteiger partial charge in [0.1, 0.15) is 18.1 Å². The standard InChI is InChI=1S/C24H26N2O3/c1-26(16-20-10-6-7-11-23(20)28-2)17-24(27)25-21-12-14-22(15-13-21)29-18-19-8-4-3-5-9-19/h3-15H,16-18H2,1-2H3,(H,25,27). The van der Waals surface area contributed by atoms with Gasteiger partial charge in [-0.05, 0) is 42.9 Å². The molecule has 0 spiro atoms. The quantitative estimate of drug-likeness (QED) is 0.590. The summed E-state index contributed by atoms with van der Waals surface area (Å²) in [4.78, 5) is 14.3. The van der Waals surface area contributed by atoms with Crippen LogP contribution in [0.1, 0.15) is 11.1 Å². The molecule has 0 aliphatic carbocycles. The Bertz CT molecular complexity index is 911. The Kier molecular flexibility index (Phi) is 7.25. The van der Waals surface area contributed by atoms with Crippen LogP contribution in [0, 0.1) is 0 Å². The Morgan fingerprint density at radius 3 is 2.34 bits per heavy atom. The summed E-state index contributed by atoms with van der Waals surface area (Å²) in [5.74, 6) is 1.52. The average molecular weight is 390 g/mol. The minimum Gasteiger partial charge on any atom is -0.496 e. The summed E-state index contributed by atoms with van der Waals surface area (Å²) in [6, 6.07) is 25.2. The van der Waals surface area contributed by atoms with E-state index in [1.54, 1.807) is 7.11 Å². The fourth-order valence-electron chi connectivity index (χ4n) is 3.00. The van der Waals surface area contributed by atoms with Gasteiger partial charge in [0.15, 0.2) is 0 Å². The van der Waals surface area contributed by atoms with Crippen molar-refractivity contribution in [1.82, 2.24) is 4.90 Å². The number of methoxy groups -OCH3 is 1. The van der Waals surface area contributed by atoms with Crippen LogP contribution in [0.25, 0.3) is 0 Å². The van der Waals surface area contributed by atoms with Crippen LogP contribution in [-0.2, 0) is 17.9 Å². The fourth-order valence-corrected chi connectivity index (χ4v) is 3.00. The second-order valence-electron chi connectivity index (χ2n) is 6.83. The highest BCUT2D eigenvalue weighted by Gasteiger charge is 2.10. The van der Waals surface area contributed by atoms with Gasteiger partial charge in [0.05, 0.1) is 13.7 Å². The number of para-hydroxylation sites is 1. The fraction of sp³-hybridized carbons (Fsp3) is 0.208. The topological polar surface area (TPSA) is 50.8 Å².